The molecule has 1 aliphatic rings. The average Bonchev–Trinajstić information content (AvgIpc) is 2.56. The lowest BCUT2D eigenvalue weighted by molar-refractivity contribution is -0.125. The maximum atomic E-state index is 11.2. The SMILES string of the molecule is O=C1C[C@H](NNc2ccccc2)C(=O)N1. The molecule has 5 heteroatoms. The predicted molar refractivity (Wildman–Crippen MR) is 54.8 cm³/mol. The highest BCUT2D eigenvalue weighted by molar-refractivity contribution is 6.05. The molecule has 0 aliphatic carbocycles. The molecule has 0 radical (unpaired) electrons. The molecule has 1 saturated heterocycles. The number of para-hydroxylation sites is 1. The molecule has 0 unspecified atom stereocenters. The Morgan fingerprint density at radius 3 is 2.53 bits per heavy atom. The molecule has 0 spiro atoms. The Bertz CT molecular complexity index is 378. The van der Waals surface area contributed by atoms with Crippen molar-refractivity contribution in [2.24, 2.45) is 0 Å². The molecule has 78 valence electrons. The molecule has 1 fully saturated rings. The van der Waals surface area contributed by atoms with Gasteiger partial charge in [0.2, 0.25) is 11.8 Å². The number of carbonyl (C=O) groups is 2. The van der Waals surface area contributed by atoms with Crippen molar-refractivity contribution in [2.45, 2.75) is 12.5 Å². The second-order valence-electron chi connectivity index (χ2n) is 3.30. The molecular weight excluding hydrogens is 194 g/mol. The Labute approximate surface area is 86.8 Å². The zero-order valence-corrected chi connectivity index (χ0v) is 7.99. The van der Waals surface area contributed by atoms with E-state index in [0.29, 0.717) is 0 Å². The van der Waals surface area contributed by atoms with Crippen LogP contribution in [0.2, 0.25) is 0 Å². The number of hydrogen-bond acceptors (Lipinski definition) is 4. The number of amides is 2. The largest absolute Gasteiger partial charge is 0.321 e. The first kappa shape index (κ1) is 9.67. The normalized spacial score (nSPS) is 20.1. The van der Waals surface area contributed by atoms with Crippen molar-refractivity contribution >= 4 is 17.5 Å². The molecule has 0 aromatic heterocycles. The lowest BCUT2D eigenvalue weighted by Crippen LogP contribution is -2.39. The summed E-state index contributed by atoms with van der Waals surface area (Å²) < 4.78 is 0. The van der Waals surface area contributed by atoms with E-state index in [2.05, 4.69) is 16.2 Å². The number of rotatable bonds is 3. The zero-order chi connectivity index (χ0) is 10.7. The summed E-state index contributed by atoms with van der Waals surface area (Å²) in [6, 6.07) is 8.89. The van der Waals surface area contributed by atoms with Crippen molar-refractivity contribution in [1.82, 2.24) is 10.7 Å². The summed E-state index contributed by atoms with van der Waals surface area (Å²) in [6.07, 6.45) is 0.179. The fraction of sp³-hybridized carbons (Fsp3) is 0.200. The van der Waals surface area contributed by atoms with E-state index in [9.17, 15) is 9.59 Å². The van der Waals surface area contributed by atoms with Gasteiger partial charge in [0.1, 0.15) is 6.04 Å². The highest BCUT2D eigenvalue weighted by Gasteiger charge is 2.29. The van der Waals surface area contributed by atoms with Gasteiger partial charge in [-0.15, -0.1) is 0 Å². The van der Waals surface area contributed by atoms with E-state index < -0.39 is 6.04 Å². The van der Waals surface area contributed by atoms with Crippen molar-refractivity contribution < 1.29 is 9.59 Å². The van der Waals surface area contributed by atoms with Crippen LogP contribution >= 0.6 is 0 Å². The van der Waals surface area contributed by atoms with Crippen LogP contribution < -0.4 is 16.2 Å². The number of imide groups is 1. The van der Waals surface area contributed by atoms with E-state index >= 15 is 0 Å². The van der Waals surface area contributed by atoms with E-state index in [4.69, 9.17) is 0 Å². The molecule has 1 atom stereocenters. The third-order valence-electron chi connectivity index (χ3n) is 2.13. The standard InChI is InChI=1S/C10H11N3O2/c14-9-6-8(10(15)11-9)13-12-7-4-2-1-3-5-7/h1-5,8,12-13H,6H2,(H,11,14,15)/t8-/m0/s1. The zero-order valence-electron chi connectivity index (χ0n) is 7.99. The van der Waals surface area contributed by atoms with Gasteiger partial charge in [-0.05, 0) is 12.1 Å². The quantitative estimate of drug-likeness (QED) is 0.480. The summed E-state index contributed by atoms with van der Waals surface area (Å²) in [4.78, 5) is 22.0. The summed E-state index contributed by atoms with van der Waals surface area (Å²) in [5.74, 6) is -0.532. The topological polar surface area (TPSA) is 70.2 Å². The van der Waals surface area contributed by atoms with E-state index in [0.717, 1.165) is 5.69 Å². The van der Waals surface area contributed by atoms with Crippen molar-refractivity contribution in [2.75, 3.05) is 5.43 Å². The van der Waals surface area contributed by atoms with Crippen molar-refractivity contribution in [3.05, 3.63) is 30.3 Å². The van der Waals surface area contributed by atoms with Crippen molar-refractivity contribution in [1.29, 1.82) is 0 Å². The molecule has 2 amide bonds. The lowest BCUT2D eigenvalue weighted by Gasteiger charge is -2.11. The summed E-state index contributed by atoms with van der Waals surface area (Å²) in [5, 5.41) is 2.22. The van der Waals surface area contributed by atoms with Crippen LogP contribution in [-0.4, -0.2) is 17.9 Å². The van der Waals surface area contributed by atoms with E-state index in [1.54, 1.807) is 0 Å². The van der Waals surface area contributed by atoms with Gasteiger partial charge in [0, 0.05) is 5.69 Å². The predicted octanol–water partition coefficient (Wildman–Crippen LogP) is 0.0182. The minimum atomic E-state index is -0.488. The van der Waals surface area contributed by atoms with Crippen molar-refractivity contribution in [3.63, 3.8) is 0 Å². The Balaban J connectivity index is 1.89. The number of carbonyl (C=O) groups excluding carboxylic acids is 2. The fourth-order valence-electron chi connectivity index (χ4n) is 1.36. The molecule has 5 nitrogen and oxygen atoms in total. The van der Waals surface area contributed by atoms with E-state index in [1.807, 2.05) is 30.3 Å². The molecule has 1 aliphatic heterocycles. The number of hydrogen-bond donors (Lipinski definition) is 3. The summed E-state index contributed by atoms with van der Waals surface area (Å²) in [6.45, 7) is 0. The Morgan fingerprint density at radius 2 is 1.93 bits per heavy atom. The van der Waals surface area contributed by atoms with Gasteiger partial charge in [0.15, 0.2) is 0 Å². The number of nitrogens with one attached hydrogen (secondary N) is 3. The first-order valence-electron chi connectivity index (χ1n) is 4.66. The number of hydrazine groups is 1. The molecule has 15 heavy (non-hydrogen) atoms. The molecule has 2 rings (SSSR count). The van der Waals surface area contributed by atoms with E-state index in [1.165, 1.54) is 0 Å². The highest BCUT2D eigenvalue weighted by atomic mass is 16.2. The average molecular weight is 205 g/mol. The van der Waals surface area contributed by atoms with Gasteiger partial charge >= 0.3 is 0 Å². The van der Waals surface area contributed by atoms with Crippen LogP contribution in [0.4, 0.5) is 5.69 Å². The van der Waals surface area contributed by atoms with Crippen LogP contribution in [0.5, 0.6) is 0 Å². The van der Waals surface area contributed by atoms with Crippen LogP contribution in [0.3, 0.4) is 0 Å². The minimum Gasteiger partial charge on any atom is -0.321 e. The first-order chi connectivity index (χ1) is 7.25. The number of anilines is 1. The molecule has 1 aromatic rings. The van der Waals surface area contributed by atoms with Gasteiger partial charge in [0.25, 0.3) is 0 Å². The summed E-state index contributed by atoms with van der Waals surface area (Å²) in [7, 11) is 0. The van der Waals surface area contributed by atoms with Gasteiger partial charge in [-0.1, -0.05) is 18.2 Å². The van der Waals surface area contributed by atoms with Gasteiger partial charge in [0.05, 0.1) is 6.42 Å². The number of benzene rings is 1. The maximum Gasteiger partial charge on any atom is 0.246 e. The van der Waals surface area contributed by atoms with Gasteiger partial charge in [-0.2, -0.15) is 0 Å². The first-order valence-corrected chi connectivity index (χ1v) is 4.66. The van der Waals surface area contributed by atoms with Crippen molar-refractivity contribution in [3.8, 4) is 0 Å². The van der Waals surface area contributed by atoms with Crippen LogP contribution in [0.1, 0.15) is 6.42 Å². The van der Waals surface area contributed by atoms with Crippen LogP contribution in [0.15, 0.2) is 30.3 Å². The van der Waals surface area contributed by atoms with Gasteiger partial charge < -0.3 is 5.43 Å². The fourth-order valence-corrected chi connectivity index (χ4v) is 1.36. The van der Waals surface area contributed by atoms with Gasteiger partial charge in [-0.25, -0.2) is 5.43 Å². The molecule has 1 heterocycles. The smallest absolute Gasteiger partial charge is 0.246 e. The third-order valence-corrected chi connectivity index (χ3v) is 2.13. The monoisotopic (exact) mass is 205 g/mol. The van der Waals surface area contributed by atoms with Crippen LogP contribution in [0.25, 0.3) is 0 Å². The minimum absolute atomic E-state index is 0.179. The Hall–Kier alpha value is -1.88. The highest BCUT2D eigenvalue weighted by Crippen LogP contribution is 2.05. The lowest BCUT2D eigenvalue weighted by atomic mass is 10.2. The maximum absolute atomic E-state index is 11.2. The Kier molecular flexibility index (Phi) is 2.64. The summed E-state index contributed by atoms with van der Waals surface area (Å²) >= 11 is 0. The molecule has 0 bridgehead atoms. The van der Waals surface area contributed by atoms with Gasteiger partial charge in [-0.3, -0.25) is 14.9 Å². The summed E-state index contributed by atoms with van der Waals surface area (Å²) in [5.41, 5.74) is 6.52. The third kappa shape index (κ3) is 2.32. The van der Waals surface area contributed by atoms with Crippen LogP contribution in [-0.2, 0) is 9.59 Å². The molecule has 0 saturated carbocycles. The Morgan fingerprint density at radius 1 is 1.20 bits per heavy atom. The molecule has 1 aromatic carbocycles. The molecular formula is C10H11N3O2. The molecule has 3 N–H and O–H groups in total. The van der Waals surface area contributed by atoms with E-state index in [-0.39, 0.29) is 18.2 Å². The second kappa shape index (κ2) is 4.10. The second-order valence-corrected chi connectivity index (χ2v) is 3.30. The van der Waals surface area contributed by atoms with Crippen LogP contribution in [0, 0.1) is 0 Å².